The second-order valence-corrected chi connectivity index (χ2v) is 15.7. The second kappa shape index (κ2) is 15.0. The highest BCUT2D eigenvalue weighted by atomic mass is 16.7. The first kappa shape index (κ1) is 42.5. The van der Waals surface area contributed by atoms with Crippen molar-refractivity contribution in [1.29, 1.82) is 0 Å². The molecule has 13 atom stereocenters. The van der Waals surface area contributed by atoms with Crippen LogP contribution >= 0.6 is 0 Å². The van der Waals surface area contributed by atoms with Crippen LogP contribution in [0.5, 0.6) is 0 Å². The number of carbonyl (C=O) groups is 7. The first-order valence-electron chi connectivity index (χ1n) is 18.3. The maximum atomic E-state index is 14.2. The van der Waals surface area contributed by atoms with E-state index < -0.39 is 138 Å². The van der Waals surface area contributed by atoms with Crippen LogP contribution in [0.2, 0.25) is 0 Å². The van der Waals surface area contributed by atoms with Crippen LogP contribution in [-0.4, -0.2) is 124 Å². The van der Waals surface area contributed by atoms with Gasteiger partial charge in [0.25, 0.3) is 0 Å². The molecular weight excluding hydrogens is 742 g/mol. The molecular formula is C38H49NO17. The first-order valence-corrected chi connectivity index (χ1v) is 18.3. The van der Waals surface area contributed by atoms with E-state index in [4.69, 9.17) is 37.9 Å². The number of fused-ring (bicyclic) bond motifs is 5. The number of carbonyl (C=O) groups excluding carboxylic acids is 7. The zero-order chi connectivity index (χ0) is 41.9. The average molecular weight is 792 g/mol. The molecule has 3 fully saturated rings. The van der Waals surface area contributed by atoms with Gasteiger partial charge in [-0.05, 0) is 26.0 Å². The lowest BCUT2D eigenvalue weighted by molar-refractivity contribution is -0.386. The van der Waals surface area contributed by atoms with E-state index >= 15 is 0 Å². The molecule has 2 N–H and O–H groups in total. The summed E-state index contributed by atoms with van der Waals surface area (Å²) in [4.78, 5) is 98.3. The molecule has 18 nitrogen and oxygen atoms in total. The van der Waals surface area contributed by atoms with Gasteiger partial charge in [-0.25, -0.2) is 4.79 Å². The quantitative estimate of drug-likeness (QED) is 0.290. The van der Waals surface area contributed by atoms with Crippen LogP contribution in [0.15, 0.2) is 18.3 Å². The predicted molar refractivity (Wildman–Crippen MR) is 185 cm³/mol. The Kier molecular flexibility index (Phi) is 11.4. The molecule has 56 heavy (non-hydrogen) atoms. The monoisotopic (exact) mass is 791 g/mol. The van der Waals surface area contributed by atoms with Gasteiger partial charge in [-0.3, -0.25) is 33.8 Å². The molecule has 18 heteroatoms. The summed E-state index contributed by atoms with van der Waals surface area (Å²) in [5.41, 5.74) is -9.94. The average Bonchev–Trinajstić information content (AvgIpc) is 3.32. The van der Waals surface area contributed by atoms with Crippen molar-refractivity contribution in [2.45, 2.75) is 129 Å². The molecule has 2 aliphatic carbocycles. The minimum atomic E-state index is -2.78. The molecule has 0 unspecified atom stereocenters. The molecule has 0 aromatic carbocycles. The van der Waals surface area contributed by atoms with Gasteiger partial charge in [0.1, 0.15) is 54.2 Å². The number of aliphatic hydroxyl groups is 2. The lowest BCUT2D eigenvalue weighted by atomic mass is 9.45. The van der Waals surface area contributed by atoms with Crippen LogP contribution in [0, 0.1) is 23.2 Å². The van der Waals surface area contributed by atoms with Gasteiger partial charge in [0, 0.05) is 39.8 Å². The number of hydrogen-bond donors (Lipinski definition) is 2. The van der Waals surface area contributed by atoms with Crippen molar-refractivity contribution in [2.75, 3.05) is 13.2 Å². The Morgan fingerprint density at radius 2 is 1.48 bits per heavy atom. The Morgan fingerprint density at radius 1 is 0.893 bits per heavy atom. The maximum Gasteiger partial charge on any atom is 0.340 e. The number of nitrogens with zero attached hydrogens (tertiary/aromatic N) is 1. The molecule has 1 spiro atoms. The molecule has 1 saturated heterocycles. The zero-order valence-electron chi connectivity index (χ0n) is 32.9. The predicted octanol–water partition coefficient (Wildman–Crippen LogP) is 1.10. The molecule has 1 aromatic rings. The van der Waals surface area contributed by atoms with Crippen molar-refractivity contribution in [2.24, 2.45) is 23.2 Å². The normalized spacial score (nSPS) is 38.9. The van der Waals surface area contributed by atoms with E-state index in [1.165, 1.54) is 46.0 Å². The number of aliphatic hydroxyl groups excluding tert-OH is 1. The molecule has 0 amide bonds. The van der Waals surface area contributed by atoms with Gasteiger partial charge in [-0.2, -0.15) is 0 Å². The van der Waals surface area contributed by atoms with Gasteiger partial charge in [0.15, 0.2) is 17.8 Å². The minimum Gasteiger partial charge on any atom is -0.465 e. The number of esters is 7. The molecule has 1 aromatic heterocycles. The highest BCUT2D eigenvalue weighted by molar-refractivity contribution is 5.91. The van der Waals surface area contributed by atoms with Gasteiger partial charge in [0.05, 0.1) is 29.0 Å². The molecule has 2 aliphatic heterocycles. The number of cyclic esters (lactones) is 1. The van der Waals surface area contributed by atoms with Crippen molar-refractivity contribution in [3.05, 3.63) is 29.6 Å². The van der Waals surface area contributed by atoms with Crippen LogP contribution in [0.1, 0.15) is 91.2 Å². The Hall–Kier alpha value is -4.68. The lowest BCUT2D eigenvalue weighted by Crippen LogP contribution is -2.89. The number of ether oxygens (including phenoxy) is 8. The van der Waals surface area contributed by atoms with E-state index in [1.54, 1.807) is 6.92 Å². The number of rotatable bonds is 7. The SMILES string of the molecule is CC(=O)OC[C@]12[C@H](OC(C)=O)[C@H](OC(=O)C(C)C)[C@@H]3[C@@H](OC(C)=O)[C@@]14O[C@@]3(C)COC(=O)c1cccnc1[C@H](C)[C@H](C)C(=O)O[C@@H]([C@H](O)[C@@H]2OC(C)=O)[C@]4(C)O. The third-order valence-corrected chi connectivity index (χ3v) is 11.6. The third kappa shape index (κ3) is 6.58. The van der Waals surface area contributed by atoms with Crippen LogP contribution in [-0.2, 0) is 66.7 Å². The fourth-order valence-corrected chi connectivity index (χ4v) is 9.04. The molecule has 0 radical (unpaired) electrons. The summed E-state index contributed by atoms with van der Waals surface area (Å²) >= 11 is 0. The number of pyridine rings is 1. The summed E-state index contributed by atoms with van der Waals surface area (Å²) in [5.74, 6) is -11.1. The van der Waals surface area contributed by atoms with E-state index in [2.05, 4.69) is 4.98 Å². The summed E-state index contributed by atoms with van der Waals surface area (Å²) in [5, 5.41) is 25.6. The fourth-order valence-electron chi connectivity index (χ4n) is 9.04. The zero-order valence-corrected chi connectivity index (χ0v) is 32.9. The Morgan fingerprint density at radius 3 is 2.05 bits per heavy atom. The van der Waals surface area contributed by atoms with E-state index in [-0.39, 0.29) is 11.3 Å². The van der Waals surface area contributed by atoms with Crippen molar-refractivity contribution < 1.29 is 81.7 Å². The van der Waals surface area contributed by atoms with Gasteiger partial charge in [0.2, 0.25) is 0 Å². The summed E-state index contributed by atoms with van der Waals surface area (Å²) < 4.78 is 48.4. The molecule has 3 heterocycles. The van der Waals surface area contributed by atoms with E-state index in [9.17, 15) is 43.8 Å². The van der Waals surface area contributed by atoms with Crippen LogP contribution in [0.3, 0.4) is 0 Å². The van der Waals surface area contributed by atoms with Gasteiger partial charge < -0.3 is 48.1 Å². The minimum absolute atomic E-state index is 0.0251. The third-order valence-electron chi connectivity index (χ3n) is 11.6. The molecule has 308 valence electrons. The van der Waals surface area contributed by atoms with Crippen LogP contribution in [0.4, 0.5) is 0 Å². The second-order valence-electron chi connectivity index (χ2n) is 15.7. The highest BCUT2D eigenvalue weighted by Gasteiger charge is 2.91. The maximum absolute atomic E-state index is 14.2. The van der Waals surface area contributed by atoms with Gasteiger partial charge in [-0.1, -0.05) is 27.7 Å². The summed E-state index contributed by atoms with van der Waals surface area (Å²) in [6.45, 7) is 10.8. The lowest BCUT2D eigenvalue weighted by Gasteiger charge is -2.67. The van der Waals surface area contributed by atoms with Crippen LogP contribution < -0.4 is 0 Å². The summed E-state index contributed by atoms with van der Waals surface area (Å²) in [7, 11) is 0. The Labute approximate surface area is 322 Å². The number of aromatic nitrogens is 1. The van der Waals surface area contributed by atoms with Crippen molar-refractivity contribution in [3.8, 4) is 0 Å². The van der Waals surface area contributed by atoms with Crippen molar-refractivity contribution in [3.63, 3.8) is 0 Å². The number of hydrogen-bond acceptors (Lipinski definition) is 18. The standard InChI is InChI=1S/C38H49NO17/c1-16(2)32(45)54-27-24-28(51-20(6)41)38-36(10,48)29(26(44)30(52-21(7)42)37(38,15-49-19(5)40)31(27)53-22(8)43)55-33(46)18(4)17(3)25-23(12-11-13-39-25)34(47)50-14-35(24,9)56-38/h11-13,16-18,24,26-31,44,48H,14-15H2,1-10H3/t17-,18+,24-,26+,27-,28-,29+,30+,31-,35+,36+,37+,38+/m1/s1. The summed E-state index contributed by atoms with van der Waals surface area (Å²) in [6, 6.07) is 2.92. The van der Waals surface area contributed by atoms with Crippen molar-refractivity contribution >= 4 is 41.8 Å². The Balaban J connectivity index is 1.97. The highest BCUT2D eigenvalue weighted by Crippen LogP contribution is 2.70. The van der Waals surface area contributed by atoms with Crippen molar-refractivity contribution in [1.82, 2.24) is 4.98 Å². The van der Waals surface area contributed by atoms with Gasteiger partial charge >= 0.3 is 41.8 Å². The smallest absolute Gasteiger partial charge is 0.340 e. The molecule has 4 bridgehead atoms. The summed E-state index contributed by atoms with van der Waals surface area (Å²) in [6.07, 6.45) is -10.7. The first-order chi connectivity index (χ1) is 26.0. The Bertz CT molecular complexity index is 1790. The topological polar surface area (TPSA) is 247 Å². The largest absolute Gasteiger partial charge is 0.465 e. The van der Waals surface area contributed by atoms with E-state index in [0.717, 1.165) is 34.6 Å². The molecule has 2 saturated carbocycles. The molecule has 4 aliphatic rings. The van der Waals surface area contributed by atoms with E-state index in [0.29, 0.717) is 0 Å². The van der Waals surface area contributed by atoms with Gasteiger partial charge in [-0.15, -0.1) is 0 Å². The molecule has 5 rings (SSSR count). The van der Waals surface area contributed by atoms with Crippen LogP contribution in [0.25, 0.3) is 0 Å². The van der Waals surface area contributed by atoms with E-state index in [1.807, 2.05) is 0 Å². The fraction of sp³-hybridized carbons (Fsp3) is 0.684.